The van der Waals surface area contributed by atoms with Gasteiger partial charge in [-0.05, 0) is 0 Å². The second kappa shape index (κ2) is 10.0. The van der Waals surface area contributed by atoms with E-state index < -0.39 is 16.2 Å². The standard InChI is InChI=1S/C42H28N3.Ga/c1-5-17-32(18-6-1)43(33-19-7-2-8-20-33)36-29-37(44(34-21-9-3-10-22-34)35-23-11-4-12-24-35)31-38(30-36)45-41-27-15-13-25-39(41)40-26-14-16-28-42(40)45;/h1-23,25-27,29-30H;. The van der Waals surface area contributed by atoms with Gasteiger partial charge in [0.05, 0.1) is 0 Å². The summed E-state index contributed by atoms with van der Waals surface area (Å²) < 4.78 is 7.18. The molecule has 7 aromatic carbocycles. The van der Waals surface area contributed by atoms with Crippen LogP contribution in [-0.4, -0.2) is 20.8 Å². The summed E-state index contributed by atoms with van der Waals surface area (Å²) in [5, 5.41) is 2.66. The molecular formula is C42H28GaN3. The van der Waals surface area contributed by atoms with E-state index in [1.165, 1.54) is 52.8 Å². The van der Waals surface area contributed by atoms with Crippen LogP contribution < -0.4 is 22.2 Å². The van der Waals surface area contributed by atoms with Gasteiger partial charge in [-0.3, -0.25) is 0 Å². The van der Waals surface area contributed by atoms with Crippen molar-refractivity contribution in [1.29, 1.82) is 0 Å². The van der Waals surface area contributed by atoms with Crippen molar-refractivity contribution in [2.75, 3.05) is 9.80 Å². The van der Waals surface area contributed by atoms with Gasteiger partial charge in [0.1, 0.15) is 0 Å². The minimum absolute atomic E-state index is 1.14. The second-order valence-electron chi connectivity index (χ2n) is 12.2. The fourth-order valence-electron chi connectivity index (χ4n) is 7.93. The molecule has 8 aromatic rings. The molecule has 0 aliphatic carbocycles. The van der Waals surface area contributed by atoms with Crippen LogP contribution in [0.25, 0.3) is 27.5 Å². The summed E-state index contributed by atoms with van der Waals surface area (Å²) in [4.78, 5) is 4.93. The van der Waals surface area contributed by atoms with Crippen LogP contribution in [0.1, 0.15) is 0 Å². The minimum atomic E-state index is -2.57. The molecule has 0 spiro atoms. The number of fused-ring (bicyclic) bond motifs is 7. The molecule has 10 rings (SSSR count). The molecule has 0 radical (unpaired) electrons. The zero-order valence-corrected chi connectivity index (χ0v) is 27.5. The van der Waals surface area contributed by atoms with Crippen molar-refractivity contribution in [2.45, 2.75) is 0 Å². The number of hydrogen-bond donors (Lipinski definition) is 0. The molecule has 0 fully saturated rings. The SMILES string of the molecule is c1ccc(N(c2ccccc2)c2cc3[c]4c(c2)-n2c5ccccc5c5ccc[c](c52)[Ga]4[c]2ccccc2N3c2ccccc2)cc1. The number of anilines is 6. The Hall–Kier alpha value is -5.42. The molecule has 0 atom stereocenters. The zero-order chi connectivity index (χ0) is 30.2. The van der Waals surface area contributed by atoms with E-state index in [2.05, 4.69) is 184 Å². The van der Waals surface area contributed by atoms with Crippen molar-refractivity contribution >= 4 is 84.5 Å². The van der Waals surface area contributed by atoms with Crippen LogP contribution in [0.2, 0.25) is 0 Å². The third-order valence-corrected chi connectivity index (χ3v) is 16.8. The summed E-state index contributed by atoms with van der Waals surface area (Å²) in [6.45, 7) is 0. The second-order valence-corrected chi connectivity index (χ2v) is 17.8. The summed E-state index contributed by atoms with van der Waals surface area (Å²) >= 11 is -2.57. The summed E-state index contributed by atoms with van der Waals surface area (Å²) in [5.41, 5.74) is 11.2. The molecule has 0 saturated heterocycles. The fourth-order valence-corrected chi connectivity index (χ4v) is 15.6. The van der Waals surface area contributed by atoms with Crippen molar-refractivity contribution in [3.05, 3.63) is 170 Å². The van der Waals surface area contributed by atoms with E-state index in [1.54, 1.807) is 4.12 Å². The van der Waals surface area contributed by atoms with Crippen molar-refractivity contribution in [2.24, 2.45) is 0 Å². The topological polar surface area (TPSA) is 11.4 Å². The van der Waals surface area contributed by atoms with Gasteiger partial charge in [0.2, 0.25) is 0 Å². The predicted octanol–water partition coefficient (Wildman–Crippen LogP) is 8.87. The van der Waals surface area contributed by atoms with Crippen LogP contribution in [0.15, 0.2) is 170 Å². The number of benzene rings is 7. The summed E-state index contributed by atoms with van der Waals surface area (Å²) in [7, 11) is 0. The van der Waals surface area contributed by atoms with Crippen molar-refractivity contribution in [1.82, 2.24) is 4.57 Å². The maximum absolute atomic E-state index is 2.58. The summed E-state index contributed by atoms with van der Waals surface area (Å²) in [5.74, 6) is 0. The molecule has 3 nitrogen and oxygen atoms in total. The number of aromatic nitrogens is 1. The van der Waals surface area contributed by atoms with Gasteiger partial charge >= 0.3 is 274 Å². The van der Waals surface area contributed by atoms with Gasteiger partial charge in [0.15, 0.2) is 0 Å². The average molecular weight is 644 g/mol. The van der Waals surface area contributed by atoms with Gasteiger partial charge < -0.3 is 0 Å². The molecule has 214 valence electrons. The summed E-state index contributed by atoms with van der Waals surface area (Å²) in [6.07, 6.45) is 0. The first-order valence-corrected chi connectivity index (χ1v) is 19.5. The normalized spacial score (nSPS) is 12.7. The maximum atomic E-state index is 2.58. The molecule has 46 heavy (non-hydrogen) atoms. The first-order valence-electron chi connectivity index (χ1n) is 15.9. The van der Waals surface area contributed by atoms with E-state index in [4.69, 9.17) is 0 Å². The third kappa shape index (κ3) is 3.63. The van der Waals surface area contributed by atoms with E-state index in [9.17, 15) is 0 Å². The Balaban J connectivity index is 1.38. The van der Waals surface area contributed by atoms with Crippen molar-refractivity contribution in [3.8, 4) is 5.69 Å². The van der Waals surface area contributed by atoms with Gasteiger partial charge in [0, 0.05) is 0 Å². The number of hydrogen-bond acceptors (Lipinski definition) is 2. The molecule has 2 aliphatic rings. The number of nitrogens with zero attached hydrogens (tertiary/aromatic N) is 3. The van der Waals surface area contributed by atoms with Gasteiger partial charge in [-0.2, -0.15) is 0 Å². The van der Waals surface area contributed by atoms with E-state index in [-0.39, 0.29) is 0 Å². The van der Waals surface area contributed by atoms with Crippen LogP contribution in [0.5, 0.6) is 0 Å². The fraction of sp³-hybridized carbons (Fsp3) is 0. The Bertz CT molecular complexity index is 2390. The molecule has 0 bridgehead atoms. The van der Waals surface area contributed by atoms with Crippen molar-refractivity contribution in [3.63, 3.8) is 0 Å². The third-order valence-electron chi connectivity index (χ3n) is 9.72. The van der Waals surface area contributed by atoms with Gasteiger partial charge in [-0.25, -0.2) is 0 Å². The van der Waals surface area contributed by atoms with Crippen LogP contribution in [-0.2, 0) is 0 Å². The Morgan fingerprint density at radius 3 is 1.78 bits per heavy atom. The molecule has 4 heteroatoms. The van der Waals surface area contributed by atoms with Crippen LogP contribution >= 0.6 is 0 Å². The van der Waals surface area contributed by atoms with Gasteiger partial charge in [0.25, 0.3) is 0 Å². The predicted molar refractivity (Wildman–Crippen MR) is 195 cm³/mol. The molecule has 3 heterocycles. The molecule has 0 N–H and O–H groups in total. The van der Waals surface area contributed by atoms with E-state index in [1.807, 2.05) is 0 Å². The van der Waals surface area contributed by atoms with Crippen molar-refractivity contribution < 1.29 is 0 Å². The summed E-state index contributed by atoms with van der Waals surface area (Å²) in [6, 6.07) is 62.5. The van der Waals surface area contributed by atoms with E-state index >= 15 is 0 Å². The molecule has 2 aliphatic heterocycles. The number of rotatable bonds is 4. The van der Waals surface area contributed by atoms with Crippen LogP contribution in [0.4, 0.5) is 34.1 Å². The Morgan fingerprint density at radius 1 is 0.435 bits per heavy atom. The Labute approximate surface area is 273 Å². The monoisotopic (exact) mass is 643 g/mol. The molecule has 0 amide bonds. The molecule has 0 saturated carbocycles. The van der Waals surface area contributed by atoms with E-state index in [0.717, 1.165) is 17.1 Å². The first kappa shape index (κ1) is 25.9. The van der Waals surface area contributed by atoms with Gasteiger partial charge in [-0.1, -0.05) is 0 Å². The quantitative estimate of drug-likeness (QED) is 0.178. The van der Waals surface area contributed by atoms with Crippen LogP contribution in [0, 0.1) is 0 Å². The molecular weight excluding hydrogens is 616 g/mol. The molecule has 1 aromatic heterocycles. The zero-order valence-electron chi connectivity index (χ0n) is 25.1. The average Bonchev–Trinajstić information content (AvgIpc) is 3.47. The Kier molecular flexibility index (Phi) is 5.65. The van der Waals surface area contributed by atoms with E-state index in [0.29, 0.717) is 0 Å². The molecule has 0 unspecified atom stereocenters. The first-order chi connectivity index (χ1) is 22.9. The van der Waals surface area contributed by atoms with Crippen LogP contribution in [0.3, 0.4) is 0 Å². The number of para-hydroxylation sites is 6. The van der Waals surface area contributed by atoms with Gasteiger partial charge in [-0.15, -0.1) is 0 Å². The Morgan fingerprint density at radius 2 is 1.02 bits per heavy atom.